The average molecular weight is 350 g/mol. The predicted octanol–water partition coefficient (Wildman–Crippen LogP) is 0.444. The van der Waals surface area contributed by atoms with Gasteiger partial charge in [0.15, 0.2) is 0 Å². The lowest BCUT2D eigenvalue weighted by molar-refractivity contribution is -0.136. The van der Waals surface area contributed by atoms with Gasteiger partial charge in [0.1, 0.15) is 6.04 Å². The molecule has 3 amide bonds. The first kappa shape index (κ1) is 19.6. The van der Waals surface area contributed by atoms with E-state index in [0.717, 1.165) is 12.8 Å². The minimum Gasteiger partial charge on any atom is -0.341 e. The van der Waals surface area contributed by atoms with Crippen LogP contribution in [0.15, 0.2) is 12.2 Å². The number of carbonyl (C=O) groups is 3. The van der Waals surface area contributed by atoms with Gasteiger partial charge < -0.3 is 11.1 Å². The van der Waals surface area contributed by atoms with E-state index in [4.69, 9.17) is 5.73 Å². The second-order valence-electron chi connectivity index (χ2n) is 7.31. The van der Waals surface area contributed by atoms with E-state index in [1.165, 1.54) is 12.8 Å². The van der Waals surface area contributed by atoms with Crippen LogP contribution < -0.4 is 16.4 Å². The molecule has 0 spiro atoms. The molecule has 1 aliphatic heterocycles. The lowest BCUT2D eigenvalue weighted by Gasteiger charge is -2.39. The smallest absolute Gasteiger partial charge is 0.249 e. The first-order valence-corrected chi connectivity index (χ1v) is 9.09. The highest BCUT2D eigenvalue weighted by Gasteiger charge is 2.30. The van der Waals surface area contributed by atoms with Gasteiger partial charge in [0.25, 0.3) is 0 Å². The molecule has 2 unspecified atom stereocenters. The number of hydrogen-bond donors (Lipinski definition) is 3. The second kappa shape index (κ2) is 8.58. The second-order valence-corrected chi connectivity index (χ2v) is 7.31. The van der Waals surface area contributed by atoms with Crippen LogP contribution in [0.3, 0.4) is 0 Å². The molecule has 1 saturated heterocycles. The number of hydrogen-bond acceptors (Lipinski definition) is 5. The number of piperidine rings is 1. The highest BCUT2D eigenvalue weighted by molar-refractivity contribution is 6.03. The van der Waals surface area contributed by atoms with Crippen molar-refractivity contribution < 1.29 is 14.4 Å². The van der Waals surface area contributed by atoms with E-state index < -0.39 is 11.9 Å². The van der Waals surface area contributed by atoms with Crippen LogP contribution in [0, 0.1) is 0 Å². The Morgan fingerprint density at radius 2 is 2.04 bits per heavy atom. The Morgan fingerprint density at radius 3 is 2.68 bits per heavy atom. The van der Waals surface area contributed by atoms with Crippen LogP contribution in [0.5, 0.6) is 0 Å². The zero-order valence-electron chi connectivity index (χ0n) is 15.2. The Hall–Kier alpha value is -1.73. The summed E-state index contributed by atoms with van der Waals surface area (Å²) < 4.78 is 0. The molecular formula is C18H30N4O3. The number of rotatable bonds is 6. The summed E-state index contributed by atoms with van der Waals surface area (Å²) >= 11 is 0. The Morgan fingerprint density at radius 1 is 1.36 bits per heavy atom. The first-order chi connectivity index (χ1) is 11.8. The first-order valence-electron chi connectivity index (χ1n) is 9.09. The third-order valence-electron chi connectivity index (χ3n) is 5.41. The molecule has 4 N–H and O–H groups in total. The van der Waals surface area contributed by atoms with Gasteiger partial charge in [-0.1, -0.05) is 19.4 Å². The van der Waals surface area contributed by atoms with Crippen molar-refractivity contribution in [2.24, 2.45) is 5.73 Å². The molecule has 2 rings (SSSR count). The number of nitrogens with zero attached hydrogens (tertiary/aromatic N) is 1. The number of nitrogens with one attached hydrogen (secondary N) is 2. The van der Waals surface area contributed by atoms with E-state index in [1.54, 1.807) is 0 Å². The fraction of sp³-hybridized carbons (Fsp3) is 0.722. The van der Waals surface area contributed by atoms with Crippen LogP contribution >= 0.6 is 0 Å². The Balaban J connectivity index is 1.84. The normalized spacial score (nSPS) is 28.4. The van der Waals surface area contributed by atoms with E-state index >= 15 is 0 Å². The van der Waals surface area contributed by atoms with Crippen LogP contribution in [0.4, 0.5) is 0 Å². The molecule has 0 aromatic rings. The SMILES string of the molecule is C=C(CC(C)N(C)[C@H]1CCCC[C@@H]1N)C(=O)NC1CCC(=O)NC1=O. The molecule has 7 nitrogen and oxygen atoms in total. The van der Waals surface area contributed by atoms with Crippen LogP contribution in [-0.2, 0) is 14.4 Å². The number of amides is 3. The largest absolute Gasteiger partial charge is 0.341 e. The molecule has 0 aromatic carbocycles. The minimum absolute atomic E-state index is 0.133. The van der Waals surface area contributed by atoms with E-state index in [0.29, 0.717) is 24.5 Å². The summed E-state index contributed by atoms with van der Waals surface area (Å²) in [7, 11) is 2.05. The van der Waals surface area contributed by atoms with Crippen LogP contribution in [0.2, 0.25) is 0 Å². The summed E-state index contributed by atoms with van der Waals surface area (Å²) in [5, 5.41) is 4.91. The van der Waals surface area contributed by atoms with Gasteiger partial charge in [0.2, 0.25) is 17.7 Å². The number of imide groups is 1. The molecular weight excluding hydrogens is 320 g/mol. The van der Waals surface area contributed by atoms with Gasteiger partial charge in [-0.25, -0.2) is 0 Å². The third-order valence-corrected chi connectivity index (χ3v) is 5.41. The number of carbonyl (C=O) groups excluding carboxylic acids is 3. The van der Waals surface area contributed by atoms with Crippen molar-refractivity contribution in [2.45, 2.75) is 76.0 Å². The fourth-order valence-corrected chi connectivity index (χ4v) is 3.66. The molecule has 7 heteroatoms. The van der Waals surface area contributed by atoms with Gasteiger partial charge in [0.05, 0.1) is 0 Å². The van der Waals surface area contributed by atoms with E-state index in [1.807, 2.05) is 7.05 Å². The lowest BCUT2D eigenvalue weighted by Crippen LogP contribution is -2.53. The molecule has 0 bridgehead atoms. The zero-order chi connectivity index (χ0) is 18.6. The lowest BCUT2D eigenvalue weighted by atomic mass is 9.89. The summed E-state index contributed by atoms with van der Waals surface area (Å²) in [4.78, 5) is 37.5. The molecule has 25 heavy (non-hydrogen) atoms. The van der Waals surface area contributed by atoms with E-state index in [2.05, 4.69) is 29.0 Å². The van der Waals surface area contributed by atoms with E-state index in [-0.39, 0.29) is 30.3 Å². The standard InChI is InChI=1S/C18H30N4O3/c1-11(17(24)20-14-8-9-16(23)21-18(14)25)10-12(2)22(3)15-7-5-4-6-13(15)19/h12-15H,1,4-10,19H2,2-3H3,(H,20,24)(H,21,23,25)/t12?,13-,14?,15-/m0/s1. The van der Waals surface area contributed by atoms with Gasteiger partial charge in [-0.05, 0) is 39.7 Å². The maximum atomic E-state index is 12.3. The highest BCUT2D eigenvalue weighted by atomic mass is 16.2. The molecule has 0 radical (unpaired) electrons. The third kappa shape index (κ3) is 5.12. The van der Waals surface area contributed by atoms with E-state index in [9.17, 15) is 14.4 Å². The van der Waals surface area contributed by atoms with Gasteiger partial charge in [-0.2, -0.15) is 0 Å². The highest BCUT2D eigenvalue weighted by Crippen LogP contribution is 2.24. The molecule has 4 atom stereocenters. The van der Waals surface area contributed by atoms with Crippen LogP contribution in [0.25, 0.3) is 0 Å². The minimum atomic E-state index is -0.665. The topological polar surface area (TPSA) is 105 Å². The quantitative estimate of drug-likeness (QED) is 0.476. The Kier molecular flexibility index (Phi) is 6.72. The molecule has 140 valence electrons. The van der Waals surface area contributed by atoms with Gasteiger partial charge in [0, 0.05) is 30.1 Å². The van der Waals surface area contributed by atoms with Crippen molar-refractivity contribution in [2.75, 3.05) is 7.05 Å². The predicted molar refractivity (Wildman–Crippen MR) is 95.5 cm³/mol. The Labute approximate surface area is 149 Å². The van der Waals surface area contributed by atoms with Gasteiger partial charge in [-0.15, -0.1) is 0 Å². The molecule has 0 aromatic heterocycles. The Bertz CT molecular complexity index is 548. The summed E-state index contributed by atoms with van der Waals surface area (Å²) in [6.07, 6.45) is 5.57. The average Bonchev–Trinajstić information content (AvgIpc) is 2.57. The summed E-state index contributed by atoms with van der Waals surface area (Å²) in [6.45, 7) is 5.94. The van der Waals surface area contributed by atoms with Crippen molar-refractivity contribution in [1.29, 1.82) is 0 Å². The molecule has 1 saturated carbocycles. The maximum absolute atomic E-state index is 12.3. The molecule has 1 heterocycles. The number of nitrogens with two attached hydrogens (primary N) is 1. The number of likely N-dealkylation sites (N-methyl/N-ethyl adjacent to an activating group) is 1. The van der Waals surface area contributed by atoms with Crippen molar-refractivity contribution in [3.8, 4) is 0 Å². The maximum Gasteiger partial charge on any atom is 0.249 e. The van der Waals surface area contributed by atoms with Crippen molar-refractivity contribution in [1.82, 2.24) is 15.5 Å². The molecule has 1 aliphatic carbocycles. The zero-order valence-corrected chi connectivity index (χ0v) is 15.2. The van der Waals surface area contributed by atoms with Crippen LogP contribution in [-0.4, -0.2) is 53.8 Å². The van der Waals surface area contributed by atoms with Crippen molar-refractivity contribution >= 4 is 17.7 Å². The van der Waals surface area contributed by atoms with Crippen molar-refractivity contribution in [3.63, 3.8) is 0 Å². The molecule has 2 aliphatic rings. The summed E-state index contributed by atoms with van der Waals surface area (Å²) in [5.41, 5.74) is 6.68. The van der Waals surface area contributed by atoms with Gasteiger partial charge in [-0.3, -0.25) is 24.6 Å². The fourth-order valence-electron chi connectivity index (χ4n) is 3.66. The van der Waals surface area contributed by atoms with Crippen molar-refractivity contribution in [3.05, 3.63) is 12.2 Å². The van der Waals surface area contributed by atoms with Crippen LogP contribution in [0.1, 0.15) is 51.9 Å². The molecule has 2 fully saturated rings. The summed E-state index contributed by atoms with van der Waals surface area (Å²) in [6, 6.07) is -0.0302. The monoisotopic (exact) mass is 350 g/mol. The van der Waals surface area contributed by atoms with Gasteiger partial charge >= 0.3 is 0 Å². The summed E-state index contributed by atoms with van der Waals surface area (Å²) in [5.74, 6) is -1.08.